The van der Waals surface area contributed by atoms with Gasteiger partial charge in [0, 0.05) is 32.4 Å². The predicted octanol–water partition coefficient (Wildman–Crippen LogP) is 3.07. The molecule has 1 aliphatic heterocycles. The fourth-order valence-electron chi connectivity index (χ4n) is 3.53. The van der Waals surface area contributed by atoms with Crippen molar-refractivity contribution >= 4 is 16.9 Å². The van der Waals surface area contributed by atoms with Gasteiger partial charge in [0.1, 0.15) is 11.5 Å². The van der Waals surface area contributed by atoms with Crippen LogP contribution in [0.4, 0.5) is 5.82 Å². The minimum Gasteiger partial charge on any atom is -0.463 e. The summed E-state index contributed by atoms with van der Waals surface area (Å²) in [4.78, 5) is 11.3. The molecule has 1 fully saturated rings. The van der Waals surface area contributed by atoms with Crippen molar-refractivity contribution in [3.63, 3.8) is 0 Å². The van der Waals surface area contributed by atoms with Gasteiger partial charge in [-0.1, -0.05) is 37.6 Å². The molecule has 4 rings (SSSR count). The largest absolute Gasteiger partial charge is 0.463 e. The first-order valence-electron chi connectivity index (χ1n) is 10.4. The number of benzene rings is 1. The Balaban J connectivity index is 1.46. The zero-order chi connectivity index (χ0) is 20.1. The van der Waals surface area contributed by atoms with E-state index in [1.165, 1.54) is 11.1 Å². The molecule has 7 nitrogen and oxygen atoms in total. The number of ether oxygens (including phenoxy) is 2. The number of rotatable bonds is 8. The van der Waals surface area contributed by atoms with Crippen molar-refractivity contribution in [3.8, 4) is 6.01 Å². The Morgan fingerprint density at radius 1 is 1.03 bits per heavy atom. The maximum atomic E-state index is 6.12. The molecule has 0 bridgehead atoms. The number of nitrogen functional groups attached to an aromatic ring is 1. The van der Waals surface area contributed by atoms with Crippen LogP contribution in [-0.2, 0) is 17.8 Å². The number of morpholine rings is 1. The lowest BCUT2D eigenvalue weighted by Crippen LogP contribution is -2.35. The minimum absolute atomic E-state index is 0.351. The zero-order valence-electron chi connectivity index (χ0n) is 17.0. The molecule has 2 aromatic heterocycles. The van der Waals surface area contributed by atoms with Crippen LogP contribution < -0.4 is 10.5 Å². The number of hydrogen-bond acceptors (Lipinski definition) is 6. The minimum atomic E-state index is 0.351. The van der Waals surface area contributed by atoms with Crippen molar-refractivity contribution < 1.29 is 9.47 Å². The van der Waals surface area contributed by atoms with Gasteiger partial charge >= 0.3 is 6.01 Å². The van der Waals surface area contributed by atoms with Gasteiger partial charge in [0.05, 0.1) is 25.2 Å². The first kappa shape index (κ1) is 19.7. The van der Waals surface area contributed by atoms with Crippen LogP contribution in [0.3, 0.4) is 0 Å². The van der Waals surface area contributed by atoms with Crippen molar-refractivity contribution in [1.82, 2.24) is 19.4 Å². The van der Waals surface area contributed by atoms with Gasteiger partial charge in [-0.3, -0.25) is 4.90 Å². The Bertz CT molecular complexity index is 932. The predicted molar refractivity (Wildman–Crippen MR) is 114 cm³/mol. The van der Waals surface area contributed by atoms with Crippen LogP contribution in [0.2, 0.25) is 0 Å². The Morgan fingerprint density at radius 2 is 1.76 bits per heavy atom. The molecule has 3 aromatic rings. The number of fused-ring (bicyclic) bond motifs is 1. The van der Waals surface area contributed by atoms with Crippen LogP contribution in [0, 0.1) is 0 Å². The number of hydrogen-bond donors (Lipinski definition) is 1. The van der Waals surface area contributed by atoms with Crippen LogP contribution in [-0.4, -0.2) is 52.3 Å². The van der Waals surface area contributed by atoms with E-state index in [0.29, 0.717) is 18.4 Å². The zero-order valence-corrected chi connectivity index (χ0v) is 17.0. The summed E-state index contributed by atoms with van der Waals surface area (Å²) >= 11 is 0. The van der Waals surface area contributed by atoms with Gasteiger partial charge in [-0.2, -0.15) is 9.97 Å². The summed E-state index contributed by atoms with van der Waals surface area (Å²) in [5.74, 6) is 0.459. The normalized spacial score (nSPS) is 15.1. The molecule has 1 saturated heterocycles. The Hall–Kier alpha value is -2.64. The summed E-state index contributed by atoms with van der Waals surface area (Å²) in [7, 11) is 0. The molecule has 0 spiro atoms. The Labute approximate surface area is 171 Å². The van der Waals surface area contributed by atoms with E-state index in [-0.39, 0.29) is 0 Å². The number of nitrogens with two attached hydrogens (primary N) is 1. The number of aromatic nitrogens is 3. The highest BCUT2D eigenvalue weighted by molar-refractivity contribution is 5.86. The maximum absolute atomic E-state index is 6.12. The van der Waals surface area contributed by atoms with Crippen LogP contribution in [0.25, 0.3) is 11.0 Å². The Morgan fingerprint density at radius 3 is 2.48 bits per heavy atom. The highest BCUT2D eigenvalue weighted by atomic mass is 16.5. The van der Waals surface area contributed by atoms with Gasteiger partial charge in [0.15, 0.2) is 0 Å². The van der Waals surface area contributed by atoms with E-state index in [4.69, 9.17) is 15.2 Å². The van der Waals surface area contributed by atoms with E-state index in [1.807, 2.05) is 12.3 Å². The van der Waals surface area contributed by atoms with E-state index in [0.717, 1.165) is 63.3 Å². The molecular formula is C22H29N5O2. The Kier molecular flexibility index (Phi) is 6.27. The van der Waals surface area contributed by atoms with Crippen molar-refractivity contribution in [3.05, 3.63) is 47.7 Å². The molecule has 0 aliphatic carbocycles. The molecule has 0 unspecified atom stereocenters. The number of nitrogens with zero attached hydrogens (tertiary/aromatic N) is 4. The fourth-order valence-corrected chi connectivity index (χ4v) is 3.53. The lowest BCUT2D eigenvalue weighted by molar-refractivity contribution is 0.0342. The van der Waals surface area contributed by atoms with E-state index in [9.17, 15) is 0 Å². The molecule has 3 heterocycles. The first-order valence-corrected chi connectivity index (χ1v) is 10.4. The van der Waals surface area contributed by atoms with Gasteiger partial charge in [0.25, 0.3) is 0 Å². The molecule has 7 heteroatoms. The number of anilines is 1. The topological polar surface area (TPSA) is 78.4 Å². The van der Waals surface area contributed by atoms with Crippen LogP contribution in [0.5, 0.6) is 6.01 Å². The second-order valence-electron chi connectivity index (χ2n) is 7.48. The highest BCUT2D eigenvalue weighted by Crippen LogP contribution is 2.23. The molecule has 0 radical (unpaired) electrons. The second-order valence-corrected chi connectivity index (χ2v) is 7.48. The van der Waals surface area contributed by atoms with Gasteiger partial charge in [-0.05, 0) is 23.6 Å². The quantitative estimate of drug-likeness (QED) is 0.591. The SMILES string of the molecule is CCCCOc1nc(N)c2ccn(Cc3ccc(CN4CCOCC4)cc3)c2n1. The average Bonchev–Trinajstić information content (AvgIpc) is 3.14. The van der Waals surface area contributed by atoms with E-state index < -0.39 is 0 Å². The fraction of sp³-hybridized carbons (Fsp3) is 0.455. The van der Waals surface area contributed by atoms with Crippen molar-refractivity contribution in [2.75, 3.05) is 38.6 Å². The average molecular weight is 396 g/mol. The third kappa shape index (κ3) is 4.86. The monoisotopic (exact) mass is 395 g/mol. The summed E-state index contributed by atoms with van der Waals surface area (Å²) in [6.45, 7) is 8.08. The first-order chi connectivity index (χ1) is 14.2. The maximum Gasteiger partial charge on any atom is 0.320 e. The van der Waals surface area contributed by atoms with E-state index >= 15 is 0 Å². The number of unbranched alkanes of at least 4 members (excludes halogenated alkanes) is 1. The second kappa shape index (κ2) is 9.24. The molecular weight excluding hydrogens is 366 g/mol. The standard InChI is InChI=1S/C22H29N5O2/c1-2-3-12-29-22-24-20(23)19-8-9-27(21(19)25-22)16-18-6-4-17(5-7-18)15-26-10-13-28-14-11-26/h4-9H,2-3,10-16H2,1H3,(H2,23,24,25). The third-order valence-corrected chi connectivity index (χ3v) is 5.24. The molecule has 0 amide bonds. The lowest BCUT2D eigenvalue weighted by atomic mass is 10.1. The highest BCUT2D eigenvalue weighted by Gasteiger charge is 2.12. The molecule has 0 saturated carbocycles. The summed E-state index contributed by atoms with van der Waals surface area (Å²) < 4.78 is 13.2. The summed E-state index contributed by atoms with van der Waals surface area (Å²) in [6.07, 6.45) is 4.04. The summed E-state index contributed by atoms with van der Waals surface area (Å²) in [5, 5.41) is 0.858. The van der Waals surface area contributed by atoms with E-state index in [1.54, 1.807) is 0 Å². The van der Waals surface area contributed by atoms with Crippen molar-refractivity contribution in [1.29, 1.82) is 0 Å². The van der Waals surface area contributed by atoms with Gasteiger partial charge in [-0.25, -0.2) is 0 Å². The van der Waals surface area contributed by atoms with Crippen molar-refractivity contribution in [2.45, 2.75) is 32.9 Å². The molecule has 1 aromatic carbocycles. The lowest BCUT2D eigenvalue weighted by Gasteiger charge is -2.26. The third-order valence-electron chi connectivity index (χ3n) is 5.24. The van der Waals surface area contributed by atoms with E-state index in [2.05, 4.69) is 50.6 Å². The van der Waals surface area contributed by atoms with Gasteiger partial charge in [0.2, 0.25) is 0 Å². The van der Waals surface area contributed by atoms with Crippen LogP contribution in [0.1, 0.15) is 30.9 Å². The molecule has 2 N–H and O–H groups in total. The van der Waals surface area contributed by atoms with Crippen LogP contribution in [0.15, 0.2) is 36.5 Å². The molecule has 154 valence electrons. The molecule has 0 atom stereocenters. The summed E-state index contributed by atoms with van der Waals surface area (Å²) in [6, 6.07) is 11.1. The molecule has 29 heavy (non-hydrogen) atoms. The van der Waals surface area contributed by atoms with Gasteiger partial charge < -0.3 is 19.8 Å². The van der Waals surface area contributed by atoms with Crippen molar-refractivity contribution in [2.24, 2.45) is 0 Å². The van der Waals surface area contributed by atoms with Gasteiger partial charge in [-0.15, -0.1) is 0 Å². The van der Waals surface area contributed by atoms with Crippen LogP contribution >= 0.6 is 0 Å². The molecule has 1 aliphatic rings. The summed E-state index contributed by atoms with van der Waals surface area (Å²) in [5.41, 5.74) is 9.47. The smallest absolute Gasteiger partial charge is 0.320 e.